The lowest BCUT2D eigenvalue weighted by Crippen LogP contribution is -2.37. The van der Waals surface area contributed by atoms with Gasteiger partial charge in [0.1, 0.15) is 5.75 Å². The highest BCUT2D eigenvalue weighted by atomic mass is 35.5. The Morgan fingerprint density at radius 2 is 1.93 bits per heavy atom. The summed E-state index contributed by atoms with van der Waals surface area (Å²) in [6.07, 6.45) is -0.653. The summed E-state index contributed by atoms with van der Waals surface area (Å²) in [7, 11) is 1.68. The highest BCUT2D eigenvalue weighted by molar-refractivity contribution is 6.33. The van der Waals surface area contributed by atoms with Crippen molar-refractivity contribution in [3.63, 3.8) is 0 Å². The van der Waals surface area contributed by atoms with E-state index in [1.165, 1.54) is 4.90 Å². The van der Waals surface area contributed by atoms with Crippen molar-refractivity contribution in [2.45, 2.75) is 46.3 Å². The molecule has 1 atom stereocenters. The van der Waals surface area contributed by atoms with E-state index < -0.39 is 6.10 Å². The van der Waals surface area contributed by atoms with E-state index >= 15 is 0 Å². The summed E-state index contributed by atoms with van der Waals surface area (Å²) in [5, 5.41) is 4.51. The van der Waals surface area contributed by atoms with Crippen LogP contribution < -0.4 is 4.74 Å². The number of rotatable bonds is 7. The molecule has 2 aromatic carbocycles. The van der Waals surface area contributed by atoms with Gasteiger partial charge in [0.2, 0.25) is 11.7 Å². The quantitative estimate of drug-likeness (QED) is 0.515. The topological polar surface area (TPSA) is 68.5 Å². The number of ether oxygens (including phenoxy) is 1. The molecule has 7 heteroatoms. The second-order valence-corrected chi connectivity index (χ2v) is 8.05. The van der Waals surface area contributed by atoms with Crippen LogP contribution in [0.25, 0.3) is 11.4 Å². The molecule has 0 aliphatic rings. The highest BCUT2D eigenvalue weighted by Gasteiger charge is 2.23. The summed E-state index contributed by atoms with van der Waals surface area (Å²) >= 11 is 6.19. The Morgan fingerprint density at radius 3 is 2.63 bits per heavy atom. The van der Waals surface area contributed by atoms with Gasteiger partial charge >= 0.3 is 0 Å². The van der Waals surface area contributed by atoms with Crippen LogP contribution in [0.1, 0.15) is 43.7 Å². The van der Waals surface area contributed by atoms with Crippen LogP contribution in [0.5, 0.6) is 5.75 Å². The first-order valence-electron chi connectivity index (χ1n) is 9.86. The normalized spacial score (nSPS) is 12.1. The Hall–Kier alpha value is -2.86. The predicted octanol–water partition coefficient (Wildman–Crippen LogP) is 5.25. The first kappa shape index (κ1) is 21.8. The number of hydrogen-bond acceptors (Lipinski definition) is 5. The molecule has 1 aromatic heterocycles. The Morgan fingerprint density at radius 1 is 1.20 bits per heavy atom. The van der Waals surface area contributed by atoms with E-state index in [0.717, 1.165) is 16.9 Å². The summed E-state index contributed by atoms with van der Waals surface area (Å²) < 4.78 is 11.3. The second kappa shape index (κ2) is 9.30. The van der Waals surface area contributed by atoms with Crippen molar-refractivity contribution in [2.24, 2.45) is 0 Å². The van der Waals surface area contributed by atoms with Crippen LogP contribution >= 0.6 is 11.6 Å². The molecular weight excluding hydrogens is 402 g/mol. The van der Waals surface area contributed by atoms with E-state index in [2.05, 4.69) is 24.0 Å². The molecule has 1 amide bonds. The van der Waals surface area contributed by atoms with E-state index in [-0.39, 0.29) is 12.5 Å². The van der Waals surface area contributed by atoms with E-state index in [1.807, 2.05) is 43.3 Å². The molecule has 0 aliphatic carbocycles. The number of carbonyl (C=O) groups is 1. The third-order valence-corrected chi connectivity index (χ3v) is 5.10. The van der Waals surface area contributed by atoms with Crippen molar-refractivity contribution in [3.05, 3.63) is 64.5 Å². The van der Waals surface area contributed by atoms with Gasteiger partial charge in [-0.3, -0.25) is 4.79 Å². The van der Waals surface area contributed by atoms with Crippen molar-refractivity contribution < 1.29 is 14.1 Å². The number of aromatic nitrogens is 2. The van der Waals surface area contributed by atoms with Gasteiger partial charge in [0.15, 0.2) is 6.10 Å². The van der Waals surface area contributed by atoms with Gasteiger partial charge < -0.3 is 14.2 Å². The highest BCUT2D eigenvalue weighted by Crippen LogP contribution is 2.29. The summed E-state index contributed by atoms with van der Waals surface area (Å²) in [4.78, 5) is 18.7. The van der Waals surface area contributed by atoms with Crippen LogP contribution in [0.2, 0.25) is 5.02 Å². The third-order valence-electron chi connectivity index (χ3n) is 4.77. The molecule has 3 rings (SSSR count). The van der Waals surface area contributed by atoms with Crippen molar-refractivity contribution >= 4 is 17.5 Å². The van der Waals surface area contributed by atoms with Crippen LogP contribution in [0.15, 0.2) is 47.0 Å². The first-order chi connectivity index (χ1) is 14.3. The molecule has 0 saturated carbocycles. The Bertz CT molecular complexity index is 1030. The SMILES string of the molecule is Cc1ccc(C(C)C)c(O[C@H](C)C(=O)N(C)Cc2nc(-c3ccccc3Cl)no2)c1. The minimum Gasteiger partial charge on any atom is -0.481 e. The van der Waals surface area contributed by atoms with Crippen LogP contribution in [0, 0.1) is 6.92 Å². The minimum absolute atomic E-state index is 0.175. The summed E-state index contributed by atoms with van der Waals surface area (Å²) in [5.74, 6) is 1.57. The molecule has 0 unspecified atom stereocenters. The monoisotopic (exact) mass is 427 g/mol. The number of halogens is 1. The summed E-state index contributed by atoms with van der Waals surface area (Å²) in [6, 6.07) is 13.3. The lowest BCUT2D eigenvalue weighted by molar-refractivity contribution is -0.137. The molecule has 3 aromatic rings. The number of hydrogen-bond donors (Lipinski definition) is 0. The lowest BCUT2D eigenvalue weighted by Gasteiger charge is -2.23. The molecule has 30 heavy (non-hydrogen) atoms. The Balaban J connectivity index is 1.68. The average Bonchev–Trinajstić information content (AvgIpc) is 3.15. The summed E-state index contributed by atoms with van der Waals surface area (Å²) in [6.45, 7) is 8.12. The van der Waals surface area contributed by atoms with Crippen LogP contribution in [-0.2, 0) is 11.3 Å². The zero-order valence-corrected chi connectivity index (χ0v) is 18.6. The fourth-order valence-corrected chi connectivity index (χ4v) is 3.34. The largest absolute Gasteiger partial charge is 0.481 e. The average molecular weight is 428 g/mol. The van der Waals surface area contributed by atoms with E-state index in [9.17, 15) is 4.79 Å². The van der Waals surface area contributed by atoms with E-state index in [1.54, 1.807) is 20.0 Å². The minimum atomic E-state index is -0.653. The van der Waals surface area contributed by atoms with Crippen LogP contribution in [0.3, 0.4) is 0 Å². The lowest BCUT2D eigenvalue weighted by atomic mass is 10.0. The molecule has 0 saturated heterocycles. The fraction of sp³-hybridized carbons (Fsp3) is 0.348. The maximum Gasteiger partial charge on any atom is 0.263 e. The molecule has 158 valence electrons. The molecular formula is C23H26ClN3O3. The van der Waals surface area contributed by atoms with Gasteiger partial charge in [0.25, 0.3) is 5.91 Å². The standard InChI is InChI=1S/C23H26ClN3O3/c1-14(2)17-11-10-15(3)12-20(17)29-16(4)23(28)27(5)13-21-25-22(26-30-21)18-8-6-7-9-19(18)24/h6-12,14,16H,13H2,1-5H3/t16-/m1/s1. The van der Waals surface area contributed by atoms with Crippen LogP contribution in [-0.4, -0.2) is 34.1 Å². The number of amides is 1. The van der Waals surface area contributed by atoms with Gasteiger partial charge in [0, 0.05) is 12.6 Å². The number of nitrogens with zero attached hydrogens (tertiary/aromatic N) is 3. The van der Waals surface area contributed by atoms with Crippen LogP contribution in [0.4, 0.5) is 0 Å². The smallest absolute Gasteiger partial charge is 0.263 e. The molecule has 0 N–H and O–H groups in total. The predicted molar refractivity (Wildman–Crippen MR) is 117 cm³/mol. The van der Waals surface area contributed by atoms with Crippen molar-refractivity contribution in [1.82, 2.24) is 15.0 Å². The van der Waals surface area contributed by atoms with E-state index in [4.69, 9.17) is 20.9 Å². The zero-order valence-electron chi connectivity index (χ0n) is 17.8. The van der Waals surface area contributed by atoms with Gasteiger partial charge in [-0.25, -0.2) is 0 Å². The van der Waals surface area contributed by atoms with Gasteiger partial charge in [-0.1, -0.05) is 54.9 Å². The maximum atomic E-state index is 12.8. The Labute approximate surface area is 181 Å². The molecule has 1 heterocycles. The number of aryl methyl sites for hydroxylation is 1. The molecule has 0 bridgehead atoms. The molecule has 0 fully saturated rings. The number of carbonyl (C=O) groups excluding carboxylic acids is 1. The Kier molecular flexibility index (Phi) is 6.77. The third kappa shape index (κ3) is 5.00. The van der Waals surface area contributed by atoms with Gasteiger partial charge in [-0.05, 0) is 49.1 Å². The number of benzene rings is 2. The maximum absolute atomic E-state index is 12.8. The van der Waals surface area contributed by atoms with Gasteiger partial charge in [-0.15, -0.1) is 0 Å². The molecule has 0 aliphatic heterocycles. The number of likely N-dealkylation sites (N-methyl/N-ethyl adjacent to an activating group) is 1. The van der Waals surface area contributed by atoms with Crippen molar-refractivity contribution in [1.29, 1.82) is 0 Å². The zero-order chi connectivity index (χ0) is 21.8. The molecule has 0 radical (unpaired) electrons. The fourth-order valence-electron chi connectivity index (χ4n) is 3.12. The van der Waals surface area contributed by atoms with Crippen molar-refractivity contribution in [3.8, 4) is 17.1 Å². The molecule has 0 spiro atoms. The molecule has 6 nitrogen and oxygen atoms in total. The second-order valence-electron chi connectivity index (χ2n) is 7.64. The summed E-state index contributed by atoms with van der Waals surface area (Å²) in [5.41, 5.74) is 2.84. The van der Waals surface area contributed by atoms with Gasteiger partial charge in [0.05, 0.1) is 11.6 Å². The van der Waals surface area contributed by atoms with Crippen molar-refractivity contribution in [2.75, 3.05) is 7.05 Å². The first-order valence-corrected chi connectivity index (χ1v) is 10.2. The van der Waals surface area contributed by atoms with E-state index in [0.29, 0.717) is 28.2 Å². The van der Waals surface area contributed by atoms with Gasteiger partial charge in [-0.2, -0.15) is 4.98 Å².